The number of carbonyl (C=O) groups is 2. The maximum absolute atomic E-state index is 13.5. The molecule has 178 valence electrons. The van der Waals surface area contributed by atoms with E-state index < -0.39 is 17.2 Å². The normalized spacial score (nSPS) is 28.9. The van der Waals surface area contributed by atoms with Crippen LogP contribution in [0.2, 0.25) is 0 Å². The maximum atomic E-state index is 13.5. The van der Waals surface area contributed by atoms with E-state index in [-0.39, 0.29) is 11.8 Å². The molecule has 7 nitrogen and oxygen atoms in total. The number of morpholine rings is 1. The molecule has 2 heterocycles. The molecule has 1 N–H and O–H groups in total. The molecule has 1 saturated carbocycles. The molecule has 31 heavy (non-hydrogen) atoms. The van der Waals surface area contributed by atoms with Gasteiger partial charge >= 0.3 is 6.09 Å². The van der Waals surface area contributed by atoms with Crippen LogP contribution in [0.15, 0.2) is 0 Å². The van der Waals surface area contributed by atoms with Crippen LogP contribution in [-0.2, 0) is 14.3 Å². The second-order valence-electron chi connectivity index (χ2n) is 10.9. The summed E-state index contributed by atoms with van der Waals surface area (Å²) in [5.74, 6) is 0.744. The first-order valence-electron chi connectivity index (χ1n) is 12.3. The summed E-state index contributed by atoms with van der Waals surface area (Å²) in [4.78, 5) is 30.5. The van der Waals surface area contributed by atoms with E-state index in [9.17, 15) is 9.59 Å². The number of amides is 2. The molecule has 0 spiro atoms. The first-order valence-corrected chi connectivity index (χ1v) is 12.3. The third-order valence-corrected chi connectivity index (χ3v) is 7.18. The van der Waals surface area contributed by atoms with Gasteiger partial charge in [-0.15, -0.1) is 0 Å². The minimum atomic E-state index is -0.544. The van der Waals surface area contributed by atoms with Gasteiger partial charge in [-0.2, -0.15) is 0 Å². The first kappa shape index (κ1) is 24.3. The van der Waals surface area contributed by atoms with Gasteiger partial charge in [0, 0.05) is 26.2 Å². The van der Waals surface area contributed by atoms with Crippen molar-refractivity contribution in [3.05, 3.63) is 0 Å². The van der Waals surface area contributed by atoms with Crippen LogP contribution in [0.5, 0.6) is 0 Å². The highest BCUT2D eigenvalue weighted by Gasteiger charge is 2.44. The van der Waals surface area contributed by atoms with Crippen LogP contribution >= 0.6 is 0 Å². The van der Waals surface area contributed by atoms with Crippen molar-refractivity contribution < 1.29 is 19.1 Å². The number of nitrogens with zero attached hydrogens (tertiary/aromatic N) is 2. The Kier molecular flexibility index (Phi) is 8.25. The number of carbonyl (C=O) groups excluding carboxylic acids is 2. The van der Waals surface area contributed by atoms with Gasteiger partial charge in [-0.05, 0) is 72.3 Å². The van der Waals surface area contributed by atoms with Crippen LogP contribution < -0.4 is 5.32 Å². The summed E-state index contributed by atoms with van der Waals surface area (Å²) in [6, 6.07) is 0. The van der Waals surface area contributed by atoms with E-state index in [2.05, 4.69) is 15.1 Å². The highest BCUT2D eigenvalue weighted by Crippen LogP contribution is 2.36. The summed E-state index contributed by atoms with van der Waals surface area (Å²) in [5.41, 5.74) is -1.08. The molecule has 7 heteroatoms. The number of hydrogen-bond acceptors (Lipinski definition) is 5. The van der Waals surface area contributed by atoms with Crippen LogP contribution in [0.25, 0.3) is 0 Å². The van der Waals surface area contributed by atoms with E-state index in [1.54, 1.807) is 0 Å². The van der Waals surface area contributed by atoms with Gasteiger partial charge in [0.1, 0.15) is 5.60 Å². The third kappa shape index (κ3) is 7.07. The van der Waals surface area contributed by atoms with E-state index in [4.69, 9.17) is 9.47 Å². The van der Waals surface area contributed by atoms with Gasteiger partial charge in [0.25, 0.3) is 0 Å². The average molecular weight is 438 g/mol. The lowest BCUT2D eigenvalue weighted by Gasteiger charge is -2.44. The van der Waals surface area contributed by atoms with Crippen molar-refractivity contribution >= 4 is 12.0 Å². The van der Waals surface area contributed by atoms with E-state index in [0.29, 0.717) is 5.92 Å². The second kappa shape index (κ2) is 10.5. The fraction of sp³-hybridized carbons (Fsp3) is 0.917. The predicted molar refractivity (Wildman–Crippen MR) is 121 cm³/mol. The van der Waals surface area contributed by atoms with E-state index in [1.807, 2.05) is 27.7 Å². The van der Waals surface area contributed by atoms with Crippen molar-refractivity contribution in [2.45, 2.75) is 83.8 Å². The Morgan fingerprint density at radius 2 is 1.74 bits per heavy atom. The lowest BCUT2D eigenvalue weighted by Crippen LogP contribution is -2.59. The lowest BCUT2D eigenvalue weighted by atomic mass is 9.73. The van der Waals surface area contributed by atoms with Crippen LogP contribution in [-0.4, -0.2) is 78.9 Å². The Morgan fingerprint density at radius 1 is 1.06 bits per heavy atom. The molecule has 3 rings (SSSR count). The van der Waals surface area contributed by atoms with Crippen molar-refractivity contribution in [1.82, 2.24) is 15.1 Å². The zero-order chi connectivity index (χ0) is 22.5. The quantitative estimate of drug-likeness (QED) is 0.714. The number of rotatable bonds is 5. The Morgan fingerprint density at radius 3 is 2.39 bits per heavy atom. The third-order valence-electron chi connectivity index (χ3n) is 7.18. The van der Waals surface area contributed by atoms with E-state index >= 15 is 0 Å². The molecule has 2 aliphatic heterocycles. The van der Waals surface area contributed by atoms with Gasteiger partial charge in [-0.25, -0.2) is 4.79 Å². The predicted octanol–water partition coefficient (Wildman–Crippen LogP) is 3.42. The van der Waals surface area contributed by atoms with Gasteiger partial charge in [0.05, 0.1) is 24.7 Å². The smallest absolute Gasteiger partial charge is 0.408 e. The molecule has 1 aliphatic carbocycles. The molecule has 3 fully saturated rings. The summed E-state index contributed by atoms with van der Waals surface area (Å²) >= 11 is 0. The lowest BCUT2D eigenvalue weighted by molar-refractivity contribution is -0.141. The van der Waals surface area contributed by atoms with Crippen molar-refractivity contribution in [2.24, 2.45) is 11.8 Å². The first-order chi connectivity index (χ1) is 14.7. The number of ether oxygens (including phenoxy) is 2. The average Bonchev–Trinajstić information content (AvgIpc) is 2.71. The highest BCUT2D eigenvalue weighted by molar-refractivity contribution is 5.81. The fourth-order valence-corrected chi connectivity index (χ4v) is 5.27. The molecule has 0 unspecified atom stereocenters. The Labute approximate surface area is 188 Å². The number of piperidine rings is 1. The Balaban J connectivity index is 1.50. The molecule has 0 radical (unpaired) electrons. The van der Waals surface area contributed by atoms with Gasteiger partial charge in [-0.3, -0.25) is 9.69 Å². The molecule has 2 atom stereocenters. The number of alkyl carbamates (subject to hydrolysis) is 1. The van der Waals surface area contributed by atoms with Crippen LogP contribution in [0.1, 0.15) is 72.6 Å². The number of nitrogens with one attached hydrogen (secondary N) is 1. The zero-order valence-corrected chi connectivity index (χ0v) is 20.1. The summed E-state index contributed by atoms with van der Waals surface area (Å²) in [6.07, 6.45) is 6.68. The number of likely N-dealkylation sites (tertiary alicyclic amines) is 1. The van der Waals surface area contributed by atoms with E-state index in [0.717, 1.165) is 84.5 Å². The van der Waals surface area contributed by atoms with Crippen LogP contribution in [0.4, 0.5) is 4.79 Å². The summed E-state index contributed by atoms with van der Waals surface area (Å²) < 4.78 is 10.9. The van der Waals surface area contributed by atoms with Crippen molar-refractivity contribution in [3.63, 3.8) is 0 Å². The monoisotopic (exact) mass is 437 g/mol. The largest absolute Gasteiger partial charge is 0.444 e. The van der Waals surface area contributed by atoms with Gasteiger partial charge < -0.3 is 19.7 Å². The van der Waals surface area contributed by atoms with Gasteiger partial charge in [0.2, 0.25) is 5.91 Å². The molecule has 3 aliphatic rings. The maximum Gasteiger partial charge on any atom is 0.408 e. The minimum absolute atomic E-state index is 0.168. The van der Waals surface area contributed by atoms with Crippen molar-refractivity contribution in [2.75, 3.05) is 45.9 Å². The SMILES string of the molecule is CC(C)(C)OC(=O)N[C@]1(C)CCCC[C@@H]1C(=O)N1CCC(CCN2CCOCC2)CC1. The number of hydrogen-bond donors (Lipinski definition) is 1. The molecule has 2 amide bonds. The Hall–Kier alpha value is -1.34. The zero-order valence-electron chi connectivity index (χ0n) is 20.1. The minimum Gasteiger partial charge on any atom is -0.444 e. The second-order valence-corrected chi connectivity index (χ2v) is 10.9. The fourth-order valence-electron chi connectivity index (χ4n) is 5.27. The molecular weight excluding hydrogens is 394 g/mol. The highest BCUT2D eigenvalue weighted by atomic mass is 16.6. The molecular formula is C24H43N3O4. The Bertz CT molecular complexity index is 606. The molecule has 0 aromatic carbocycles. The molecule has 2 saturated heterocycles. The van der Waals surface area contributed by atoms with Crippen molar-refractivity contribution in [1.29, 1.82) is 0 Å². The molecule has 0 aromatic heterocycles. The molecule has 0 bridgehead atoms. The topological polar surface area (TPSA) is 71.1 Å². The van der Waals surface area contributed by atoms with Gasteiger partial charge in [0.15, 0.2) is 0 Å². The summed E-state index contributed by atoms with van der Waals surface area (Å²) in [7, 11) is 0. The van der Waals surface area contributed by atoms with Crippen LogP contribution in [0.3, 0.4) is 0 Å². The summed E-state index contributed by atoms with van der Waals surface area (Å²) in [6.45, 7) is 14.2. The van der Waals surface area contributed by atoms with Crippen LogP contribution in [0, 0.1) is 11.8 Å². The standard InChI is InChI=1S/C24H43N3O4/c1-23(2,3)31-22(29)25-24(4)11-6-5-7-20(24)21(28)27-13-9-19(10-14-27)8-12-26-15-17-30-18-16-26/h19-20H,5-18H2,1-4H3,(H,25,29)/t20-,24-/m1/s1. The van der Waals surface area contributed by atoms with E-state index in [1.165, 1.54) is 6.42 Å². The summed E-state index contributed by atoms with van der Waals surface area (Å²) in [5, 5.41) is 3.06. The van der Waals surface area contributed by atoms with Crippen molar-refractivity contribution in [3.8, 4) is 0 Å². The molecule has 0 aromatic rings. The van der Waals surface area contributed by atoms with Gasteiger partial charge in [-0.1, -0.05) is 12.8 Å².